The molecule has 0 aliphatic carbocycles. The van der Waals surface area contributed by atoms with Crippen molar-refractivity contribution in [3.05, 3.63) is 52.3 Å². The summed E-state index contributed by atoms with van der Waals surface area (Å²) in [4.78, 5) is 20.5. The number of oxazole rings is 1. The van der Waals surface area contributed by atoms with E-state index in [4.69, 9.17) is 9.15 Å². The maximum Gasteiger partial charge on any atom is 0.296 e. The third-order valence-corrected chi connectivity index (χ3v) is 5.67. The molecule has 180 valence electrons. The number of ether oxygens (including phenoxy) is 1. The first-order chi connectivity index (χ1) is 16.5. The molecule has 0 saturated heterocycles. The highest BCUT2D eigenvalue weighted by Gasteiger charge is 2.14. The van der Waals surface area contributed by atoms with Gasteiger partial charge < -0.3 is 19.8 Å². The van der Waals surface area contributed by atoms with Crippen LogP contribution in [0.3, 0.4) is 0 Å². The molecule has 1 aliphatic rings. The number of rotatable bonds is 9. The SMILES string of the molecule is CC(Cc1ccc(OCCCC(=O)NC2=NCCCN2)cc1)Nc1nc2cc(Br)cc(F)c2o1. The molecule has 0 bridgehead atoms. The number of nitrogens with one attached hydrogen (secondary N) is 3. The summed E-state index contributed by atoms with van der Waals surface area (Å²) in [6.45, 7) is 4.04. The largest absolute Gasteiger partial charge is 0.494 e. The first-order valence-electron chi connectivity index (χ1n) is 11.3. The molecule has 1 aromatic heterocycles. The predicted molar refractivity (Wildman–Crippen MR) is 133 cm³/mol. The quantitative estimate of drug-likeness (QED) is 0.354. The van der Waals surface area contributed by atoms with Gasteiger partial charge in [0.25, 0.3) is 6.01 Å². The standard InChI is InChI=1S/C24H27BrFN5O3/c1-15(29-24-30-20-14-17(25)13-19(26)22(20)34-24)12-16-5-7-18(8-6-16)33-11-2-4-21(32)31-23-27-9-3-10-28-23/h5-8,13-15H,2-4,9-12H2,1H3,(H,29,30)(H2,27,28,31,32). The third kappa shape index (κ3) is 6.69. The zero-order valence-corrected chi connectivity index (χ0v) is 20.5. The molecule has 10 heteroatoms. The van der Waals surface area contributed by atoms with Crippen molar-refractivity contribution in [2.45, 2.75) is 38.6 Å². The maximum absolute atomic E-state index is 14.0. The summed E-state index contributed by atoms with van der Waals surface area (Å²) in [5.74, 6) is 0.795. The first kappa shape index (κ1) is 24.0. The van der Waals surface area contributed by atoms with Crippen molar-refractivity contribution in [1.29, 1.82) is 0 Å². The first-order valence-corrected chi connectivity index (χ1v) is 12.1. The molecule has 1 atom stereocenters. The molecule has 1 unspecified atom stereocenters. The smallest absolute Gasteiger partial charge is 0.296 e. The van der Waals surface area contributed by atoms with Gasteiger partial charge in [-0.05, 0) is 56.0 Å². The van der Waals surface area contributed by atoms with Crippen LogP contribution in [0.4, 0.5) is 10.4 Å². The fourth-order valence-corrected chi connectivity index (χ4v) is 4.01. The minimum atomic E-state index is -0.454. The van der Waals surface area contributed by atoms with Crippen LogP contribution in [0.2, 0.25) is 0 Å². The highest BCUT2D eigenvalue weighted by Crippen LogP contribution is 2.26. The Kier molecular flexibility index (Phi) is 7.99. The van der Waals surface area contributed by atoms with Crippen molar-refractivity contribution in [1.82, 2.24) is 15.6 Å². The van der Waals surface area contributed by atoms with Gasteiger partial charge in [0.15, 0.2) is 17.4 Å². The van der Waals surface area contributed by atoms with Crippen LogP contribution in [0, 0.1) is 5.82 Å². The number of amides is 1. The van der Waals surface area contributed by atoms with Gasteiger partial charge in [-0.15, -0.1) is 0 Å². The van der Waals surface area contributed by atoms with Gasteiger partial charge in [0.05, 0.1) is 6.61 Å². The zero-order chi connectivity index (χ0) is 23.9. The Hall–Kier alpha value is -3.14. The van der Waals surface area contributed by atoms with Crippen molar-refractivity contribution in [2.75, 3.05) is 25.0 Å². The highest BCUT2D eigenvalue weighted by atomic mass is 79.9. The van der Waals surface area contributed by atoms with Gasteiger partial charge >= 0.3 is 0 Å². The lowest BCUT2D eigenvalue weighted by Crippen LogP contribution is -2.43. The Balaban J connectivity index is 1.19. The molecule has 4 rings (SSSR count). The Bertz CT molecular complexity index is 1170. The number of anilines is 1. The molecular weight excluding hydrogens is 505 g/mol. The topological polar surface area (TPSA) is 101 Å². The number of aromatic nitrogens is 1. The molecule has 3 N–H and O–H groups in total. The number of halogens is 2. The summed E-state index contributed by atoms with van der Waals surface area (Å²) in [6, 6.07) is 11.2. The van der Waals surface area contributed by atoms with Crippen LogP contribution in [0.5, 0.6) is 5.75 Å². The van der Waals surface area contributed by atoms with Crippen molar-refractivity contribution < 1.29 is 18.3 Å². The molecule has 2 aromatic carbocycles. The molecule has 1 amide bonds. The van der Waals surface area contributed by atoms with Crippen molar-refractivity contribution in [3.63, 3.8) is 0 Å². The van der Waals surface area contributed by atoms with Crippen molar-refractivity contribution in [2.24, 2.45) is 4.99 Å². The summed E-state index contributed by atoms with van der Waals surface area (Å²) in [7, 11) is 0. The molecule has 2 heterocycles. The second-order valence-electron chi connectivity index (χ2n) is 8.16. The molecule has 0 saturated carbocycles. The maximum atomic E-state index is 14.0. The summed E-state index contributed by atoms with van der Waals surface area (Å²) in [5.41, 5.74) is 1.70. The van der Waals surface area contributed by atoms with Crippen molar-refractivity contribution >= 4 is 44.9 Å². The molecule has 8 nitrogen and oxygen atoms in total. The lowest BCUT2D eigenvalue weighted by atomic mass is 10.1. The Morgan fingerprint density at radius 1 is 1.32 bits per heavy atom. The number of carbonyl (C=O) groups is 1. The van der Waals surface area contributed by atoms with Crippen LogP contribution in [0.25, 0.3) is 11.1 Å². The van der Waals surface area contributed by atoms with Gasteiger partial charge in [0.1, 0.15) is 11.3 Å². The van der Waals surface area contributed by atoms with Crippen molar-refractivity contribution in [3.8, 4) is 5.75 Å². The molecule has 3 aromatic rings. The lowest BCUT2D eigenvalue weighted by molar-refractivity contribution is -0.119. The number of aliphatic imine (C=N–C) groups is 1. The normalized spacial score (nSPS) is 14.3. The summed E-state index contributed by atoms with van der Waals surface area (Å²) < 4.78 is 25.9. The summed E-state index contributed by atoms with van der Waals surface area (Å²) >= 11 is 3.26. The average molecular weight is 532 g/mol. The Labute approximate surface area is 205 Å². The third-order valence-electron chi connectivity index (χ3n) is 5.22. The summed E-state index contributed by atoms with van der Waals surface area (Å²) in [5, 5.41) is 9.03. The van der Waals surface area contributed by atoms with E-state index in [1.807, 2.05) is 31.2 Å². The number of carbonyl (C=O) groups excluding carboxylic acids is 1. The summed E-state index contributed by atoms with van der Waals surface area (Å²) in [6.07, 6.45) is 2.70. The number of nitrogens with zero attached hydrogens (tertiary/aromatic N) is 2. The Morgan fingerprint density at radius 3 is 2.91 bits per heavy atom. The van der Waals surface area contributed by atoms with Gasteiger partial charge in [0, 0.05) is 30.0 Å². The van der Waals surface area contributed by atoms with E-state index in [1.165, 1.54) is 6.07 Å². The molecule has 0 spiro atoms. The van der Waals surface area contributed by atoms with E-state index >= 15 is 0 Å². The zero-order valence-electron chi connectivity index (χ0n) is 18.9. The van der Waals surface area contributed by atoms with Gasteiger partial charge in [0.2, 0.25) is 5.91 Å². The van der Waals surface area contributed by atoms with Gasteiger partial charge in [-0.25, -0.2) is 4.39 Å². The van der Waals surface area contributed by atoms with Crippen LogP contribution in [0.1, 0.15) is 31.7 Å². The van der Waals surface area contributed by atoms with E-state index in [1.54, 1.807) is 6.07 Å². The molecule has 0 fully saturated rings. The van der Waals surface area contributed by atoms with E-state index in [9.17, 15) is 9.18 Å². The monoisotopic (exact) mass is 531 g/mol. The number of guanidine groups is 1. The number of hydrogen-bond donors (Lipinski definition) is 3. The second-order valence-corrected chi connectivity index (χ2v) is 9.07. The van der Waals surface area contributed by atoms with Crippen LogP contribution in [0.15, 0.2) is 50.3 Å². The van der Waals surface area contributed by atoms with Crippen LogP contribution >= 0.6 is 15.9 Å². The number of fused-ring (bicyclic) bond motifs is 1. The van der Waals surface area contributed by atoms with E-state index < -0.39 is 5.82 Å². The van der Waals surface area contributed by atoms with E-state index in [0.717, 1.165) is 37.2 Å². The van der Waals surface area contributed by atoms with Crippen LogP contribution in [-0.2, 0) is 11.2 Å². The van der Waals surface area contributed by atoms with Gasteiger partial charge in [-0.3, -0.25) is 15.1 Å². The minimum absolute atomic E-state index is 0.0214. The Morgan fingerprint density at radius 2 is 2.15 bits per heavy atom. The van der Waals surface area contributed by atoms with Gasteiger partial charge in [-0.1, -0.05) is 28.1 Å². The number of benzene rings is 2. The fourth-order valence-electron chi connectivity index (χ4n) is 3.59. The molecular formula is C24H27BrFN5O3. The lowest BCUT2D eigenvalue weighted by Gasteiger charge is -2.15. The molecule has 0 radical (unpaired) electrons. The predicted octanol–water partition coefficient (Wildman–Crippen LogP) is 4.40. The van der Waals surface area contributed by atoms with E-state index in [-0.39, 0.29) is 23.5 Å². The minimum Gasteiger partial charge on any atom is -0.494 e. The highest BCUT2D eigenvalue weighted by molar-refractivity contribution is 9.10. The van der Waals surface area contributed by atoms with Crippen LogP contribution < -0.4 is 20.7 Å². The fraction of sp³-hybridized carbons (Fsp3) is 0.375. The molecule has 1 aliphatic heterocycles. The molecule has 34 heavy (non-hydrogen) atoms. The van der Waals surface area contributed by atoms with E-state index in [2.05, 4.69) is 41.9 Å². The van der Waals surface area contributed by atoms with Crippen LogP contribution in [-0.4, -0.2) is 42.6 Å². The van der Waals surface area contributed by atoms with Gasteiger partial charge in [-0.2, -0.15) is 4.98 Å². The van der Waals surface area contributed by atoms with E-state index in [0.29, 0.717) is 35.4 Å². The second kappa shape index (κ2) is 11.3. The average Bonchev–Trinajstić information content (AvgIpc) is 3.21. The number of hydrogen-bond acceptors (Lipinski definition) is 7.